The van der Waals surface area contributed by atoms with Gasteiger partial charge in [-0.15, -0.1) is 0 Å². The lowest BCUT2D eigenvalue weighted by Crippen LogP contribution is -2.06. The Morgan fingerprint density at radius 2 is 2.05 bits per heavy atom. The predicted molar refractivity (Wildman–Crippen MR) is 76.3 cm³/mol. The molecule has 0 amide bonds. The minimum absolute atomic E-state index is 0.128. The Morgan fingerprint density at radius 3 is 2.65 bits per heavy atom. The highest BCUT2D eigenvalue weighted by molar-refractivity contribution is 5.95. The van der Waals surface area contributed by atoms with E-state index in [2.05, 4.69) is 11.9 Å². The number of carbonyl (C=O) groups excluding carboxylic acids is 1. The maximum Gasteiger partial charge on any atom is 0.203 e. The Kier molecular flexibility index (Phi) is 4.03. The summed E-state index contributed by atoms with van der Waals surface area (Å²) in [6.45, 7) is 7.27. The van der Waals surface area contributed by atoms with E-state index < -0.39 is 0 Å². The second-order valence-corrected chi connectivity index (χ2v) is 4.70. The number of Topliss-reactive ketones (excluding diaryl/α,β-unsaturated/α-hetero) is 1. The lowest BCUT2D eigenvalue weighted by atomic mass is 10.1. The molecule has 0 aliphatic heterocycles. The van der Waals surface area contributed by atoms with Crippen LogP contribution in [0.2, 0.25) is 0 Å². The highest BCUT2D eigenvalue weighted by atomic mass is 19.1. The minimum Gasteiger partial charge on any atom is -0.458 e. The van der Waals surface area contributed by atoms with Gasteiger partial charge in [0.15, 0.2) is 5.76 Å². The van der Waals surface area contributed by atoms with Crippen molar-refractivity contribution < 1.29 is 13.6 Å². The summed E-state index contributed by atoms with van der Waals surface area (Å²) in [6, 6.07) is 8.04. The highest BCUT2D eigenvalue weighted by Gasteiger charge is 2.12. The molecule has 104 valence electrons. The number of allylic oxidation sites excluding steroid dienone is 1. The molecule has 0 radical (unpaired) electrons. The number of hydrogen-bond acceptors (Lipinski definition) is 3. The first-order valence-electron chi connectivity index (χ1n) is 6.26. The van der Waals surface area contributed by atoms with E-state index in [9.17, 15) is 9.18 Å². The molecule has 0 atom stereocenters. The van der Waals surface area contributed by atoms with E-state index in [1.165, 1.54) is 6.07 Å². The maximum absolute atomic E-state index is 13.2. The molecule has 4 heteroatoms. The second-order valence-electron chi connectivity index (χ2n) is 4.70. The van der Waals surface area contributed by atoms with Crippen molar-refractivity contribution in [2.24, 2.45) is 0 Å². The van der Waals surface area contributed by atoms with E-state index in [0.717, 1.165) is 0 Å². The minimum atomic E-state index is -0.261. The number of halogens is 1. The number of benzene rings is 1. The van der Waals surface area contributed by atoms with Crippen LogP contribution in [0.1, 0.15) is 28.3 Å². The van der Waals surface area contributed by atoms with Gasteiger partial charge in [-0.2, -0.15) is 0 Å². The van der Waals surface area contributed by atoms with Crippen LogP contribution in [0.5, 0.6) is 0 Å². The molecular formula is C16H16FNO2. The summed E-state index contributed by atoms with van der Waals surface area (Å²) in [5.74, 6) is 0.611. The van der Waals surface area contributed by atoms with Gasteiger partial charge in [-0.3, -0.25) is 4.79 Å². The van der Waals surface area contributed by atoms with Crippen LogP contribution in [0.4, 0.5) is 10.1 Å². The third kappa shape index (κ3) is 3.35. The summed E-state index contributed by atoms with van der Waals surface area (Å²) in [6.07, 6.45) is 0.128. The number of nitrogens with one attached hydrogen (secondary N) is 1. The number of furan rings is 1. The van der Waals surface area contributed by atoms with Crippen LogP contribution in [0, 0.1) is 19.7 Å². The number of rotatable bonds is 5. The molecule has 1 aromatic heterocycles. The Hall–Kier alpha value is -2.36. The van der Waals surface area contributed by atoms with Crippen LogP contribution < -0.4 is 5.32 Å². The maximum atomic E-state index is 13.2. The number of anilines is 1. The van der Waals surface area contributed by atoms with E-state index in [1.807, 2.05) is 0 Å². The van der Waals surface area contributed by atoms with Gasteiger partial charge in [0.05, 0.1) is 6.42 Å². The van der Waals surface area contributed by atoms with Crippen molar-refractivity contribution in [1.82, 2.24) is 0 Å². The molecule has 3 nitrogen and oxygen atoms in total. The molecule has 0 bridgehead atoms. The Balaban J connectivity index is 1.98. The SMILES string of the molecule is C=C(CC(=O)c1ccc(C)o1)Nc1ccc(F)c(C)c1. The Bertz CT molecular complexity index is 658. The van der Waals surface area contributed by atoms with Crippen LogP contribution in [0.3, 0.4) is 0 Å². The summed E-state index contributed by atoms with van der Waals surface area (Å²) in [5.41, 5.74) is 1.78. The van der Waals surface area contributed by atoms with Crippen molar-refractivity contribution in [3.63, 3.8) is 0 Å². The molecule has 2 rings (SSSR count). The monoisotopic (exact) mass is 273 g/mol. The van der Waals surface area contributed by atoms with E-state index in [0.29, 0.717) is 28.5 Å². The number of ketones is 1. The summed E-state index contributed by atoms with van der Waals surface area (Å²) in [4.78, 5) is 11.9. The fourth-order valence-corrected chi connectivity index (χ4v) is 1.84. The molecule has 1 N–H and O–H groups in total. The van der Waals surface area contributed by atoms with Gasteiger partial charge in [0.25, 0.3) is 0 Å². The first-order chi connectivity index (χ1) is 9.45. The van der Waals surface area contributed by atoms with E-state index in [4.69, 9.17) is 4.42 Å². The molecule has 0 saturated heterocycles. The normalized spacial score (nSPS) is 10.3. The van der Waals surface area contributed by atoms with Crippen molar-refractivity contribution in [3.8, 4) is 0 Å². The molecule has 1 heterocycles. The van der Waals surface area contributed by atoms with Crippen molar-refractivity contribution in [1.29, 1.82) is 0 Å². The molecule has 20 heavy (non-hydrogen) atoms. The molecule has 2 aromatic rings. The number of carbonyl (C=O) groups is 1. The van der Waals surface area contributed by atoms with Gasteiger partial charge in [0, 0.05) is 11.4 Å². The molecule has 0 aliphatic rings. The molecule has 0 spiro atoms. The van der Waals surface area contributed by atoms with Crippen LogP contribution >= 0.6 is 0 Å². The zero-order valence-electron chi connectivity index (χ0n) is 11.5. The van der Waals surface area contributed by atoms with E-state index in [1.54, 1.807) is 38.1 Å². The highest BCUT2D eigenvalue weighted by Crippen LogP contribution is 2.17. The van der Waals surface area contributed by atoms with Gasteiger partial charge in [0.1, 0.15) is 11.6 Å². The molecule has 0 unspecified atom stereocenters. The lowest BCUT2D eigenvalue weighted by molar-refractivity contribution is 0.0965. The first kappa shape index (κ1) is 14.1. The van der Waals surface area contributed by atoms with Gasteiger partial charge in [-0.05, 0) is 49.7 Å². The van der Waals surface area contributed by atoms with Gasteiger partial charge in [0.2, 0.25) is 5.78 Å². The van der Waals surface area contributed by atoms with Gasteiger partial charge in [-0.1, -0.05) is 6.58 Å². The largest absolute Gasteiger partial charge is 0.458 e. The lowest BCUT2D eigenvalue weighted by Gasteiger charge is -2.09. The van der Waals surface area contributed by atoms with E-state index in [-0.39, 0.29) is 18.0 Å². The molecule has 1 aromatic carbocycles. The molecular weight excluding hydrogens is 257 g/mol. The average molecular weight is 273 g/mol. The molecule has 0 aliphatic carbocycles. The predicted octanol–water partition coefficient (Wildman–Crippen LogP) is 4.23. The van der Waals surface area contributed by atoms with Crippen molar-refractivity contribution >= 4 is 11.5 Å². The average Bonchev–Trinajstić information content (AvgIpc) is 2.80. The first-order valence-corrected chi connectivity index (χ1v) is 6.26. The zero-order chi connectivity index (χ0) is 14.7. The summed E-state index contributed by atoms with van der Waals surface area (Å²) in [7, 11) is 0. The summed E-state index contributed by atoms with van der Waals surface area (Å²) in [5, 5.41) is 2.99. The van der Waals surface area contributed by atoms with Gasteiger partial charge < -0.3 is 9.73 Å². The van der Waals surface area contributed by atoms with E-state index >= 15 is 0 Å². The number of aryl methyl sites for hydroxylation is 2. The van der Waals surface area contributed by atoms with Crippen LogP contribution in [-0.4, -0.2) is 5.78 Å². The standard InChI is InChI=1S/C16H16FNO2/c1-10-8-13(5-6-14(10)17)18-11(2)9-15(19)16-7-4-12(3)20-16/h4-8,18H,2,9H2,1,3H3. The Labute approximate surface area is 117 Å². The second kappa shape index (κ2) is 5.74. The fraction of sp³-hybridized carbons (Fsp3) is 0.188. The van der Waals surface area contributed by atoms with Crippen molar-refractivity contribution in [2.75, 3.05) is 5.32 Å². The van der Waals surface area contributed by atoms with Crippen LogP contribution in [0.15, 0.2) is 47.0 Å². The van der Waals surface area contributed by atoms with Gasteiger partial charge >= 0.3 is 0 Å². The summed E-state index contributed by atoms with van der Waals surface area (Å²) < 4.78 is 18.4. The van der Waals surface area contributed by atoms with Crippen LogP contribution in [0.25, 0.3) is 0 Å². The summed E-state index contributed by atoms with van der Waals surface area (Å²) >= 11 is 0. The fourth-order valence-electron chi connectivity index (χ4n) is 1.84. The Morgan fingerprint density at radius 1 is 1.30 bits per heavy atom. The third-order valence-corrected chi connectivity index (χ3v) is 2.87. The third-order valence-electron chi connectivity index (χ3n) is 2.87. The van der Waals surface area contributed by atoms with Crippen molar-refractivity contribution in [2.45, 2.75) is 20.3 Å². The van der Waals surface area contributed by atoms with Crippen LogP contribution in [-0.2, 0) is 0 Å². The quantitative estimate of drug-likeness (QED) is 0.829. The smallest absolute Gasteiger partial charge is 0.203 e. The zero-order valence-corrected chi connectivity index (χ0v) is 11.5. The molecule has 0 saturated carbocycles. The topological polar surface area (TPSA) is 42.2 Å². The molecule has 0 fully saturated rings. The number of hydrogen-bond donors (Lipinski definition) is 1. The van der Waals surface area contributed by atoms with Crippen molar-refractivity contribution in [3.05, 3.63) is 65.5 Å². The van der Waals surface area contributed by atoms with Gasteiger partial charge in [-0.25, -0.2) is 4.39 Å².